The molecule has 2 aromatic carbocycles. The van der Waals surface area contributed by atoms with Crippen LogP contribution in [0.2, 0.25) is 12.1 Å². The Morgan fingerprint density at radius 2 is 1.06 bits per heavy atom. The van der Waals surface area contributed by atoms with Gasteiger partial charge in [-0.15, -0.1) is 0 Å². The first-order valence-electron chi connectivity index (χ1n) is 11.5. The monoisotopic (exact) mass is 416 g/mol. The molecule has 4 rings (SSSR count). The fourth-order valence-electron chi connectivity index (χ4n) is 5.59. The maximum atomic E-state index is 2.48. The molecule has 2 aliphatic rings. The molecule has 0 amide bonds. The van der Waals surface area contributed by atoms with E-state index < -0.39 is 0 Å². The molecule has 0 aromatic heterocycles. The van der Waals surface area contributed by atoms with Gasteiger partial charge in [0.25, 0.3) is 0 Å². The molecule has 156 valence electrons. The van der Waals surface area contributed by atoms with E-state index in [1.54, 1.807) is 22.3 Å². The molecule has 0 heterocycles. The van der Waals surface area contributed by atoms with Crippen molar-refractivity contribution in [3.8, 4) is 0 Å². The van der Waals surface area contributed by atoms with E-state index in [0.29, 0.717) is 23.7 Å². The van der Waals surface area contributed by atoms with Gasteiger partial charge in [0.05, 0.1) is 0 Å². The molecule has 0 aliphatic heterocycles. The Kier molecular flexibility index (Phi) is 9.41. The van der Waals surface area contributed by atoms with Crippen molar-refractivity contribution in [2.75, 3.05) is 0 Å². The van der Waals surface area contributed by atoms with E-state index in [2.05, 4.69) is 90.1 Å². The Balaban J connectivity index is 0.00000171. The first kappa shape index (κ1) is 26.6. The predicted octanol–water partition coefficient (Wildman–Crippen LogP) is 6.34. The second-order valence-electron chi connectivity index (χ2n) is 9.82. The van der Waals surface area contributed by atoms with Gasteiger partial charge >= 0.3 is 37.7 Å². The van der Waals surface area contributed by atoms with E-state index in [1.807, 2.05) is 0 Å². The number of hydrogen-bond donors (Lipinski definition) is 0. The molecule has 0 nitrogen and oxygen atoms in total. The fraction of sp³-hybridized carbons (Fsp3) is 0.429. The van der Waals surface area contributed by atoms with Crippen LogP contribution >= 0.6 is 0 Å². The van der Waals surface area contributed by atoms with Crippen molar-refractivity contribution in [1.82, 2.24) is 0 Å². The third kappa shape index (κ3) is 5.13. The summed E-state index contributed by atoms with van der Waals surface area (Å²) in [5.74, 6) is 2.54. The number of rotatable bonds is 6. The van der Waals surface area contributed by atoms with Crippen LogP contribution in [0.3, 0.4) is 0 Å². The summed E-state index contributed by atoms with van der Waals surface area (Å²) in [6, 6.07) is 16.8. The van der Waals surface area contributed by atoms with E-state index in [9.17, 15) is 0 Å². The van der Waals surface area contributed by atoms with E-state index in [4.69, 9.17) is 0 Å². The molecule has 2 atom stereocenters. The summed E-state index contributed by atoms with van der Waals surface area (Å²) >= 11 is 0. The topological polar surface area (TPSA) is 0 Å². The van der Waals surface area contributed by atoms with Crippen molar-refractivity contribution >= 4 is 59.4 Å². The van der Waals surface area contributed by atoms with Gasteiger partial charge in [-0.05, 0) is 59.1 Å². The molecule has 2 unspecified atom stereocenters. The Bertz CT molecular complexity index is 905. The molecule has 2 aliphatic carbocycles. The minimum absolute atomic E-state index is 0. The van der Waals surface area contributed by atoms with Gasteiger partial charge in [-0.3, -0.25) is 0 Å². The van der Waals surface area contributed by atoms with Crippen LogP contribution < -0.4 is 0 Å². The van der Waals surface area contributed by atoms with Gasteiger partial charge in [-0.25, -0.2) is 0 Å². The van der Waals surface area contributed by atoms with Crippen molar-refractivity contribution in [2.24, 2.45) is 0 Å². The summed E-state index contributed by atoms with van der Waals surface area (Å²) in [7, 11) is -0.135. The molecule has 0 radical (unpaired) electrons. The number of hydrogen-bond acceptors (Lipinski definition) is 0. The molecule has 0 fully saturated rings. The molecule has 0 saturated heterocycles. The molecule has 2 aromatic rings. The van der Waals surface area contributed by atoms with Crippen molar-refractivity contribution in [2.45, 2.75) is 77.3 Å². The van der Waals surface area contributed by atoms with Crippen LogP contribution in [-0.2, 0) is 0 Å². The Labute approximate surface area is 216 Å². The third-order valence-corrected chi connectivity index (χ3v) is 9.14. The fourth-order valence-corrected chi connectivity index (χ4v) is 8.18. The van der Waals surface area contributed by atoms with E-state index >= 15 is 0 Å². The van der Waals surface area contributed by atoms with Crippen molar-refractivity contribution < 1.29 is 0 Å². The Hall–Kier alpha value is -0.668. The van der Waals surface area contributed by atoms with E-state index in [1.165, 1.54) is 34.3 Å². The van der Waals surface area contributed by atoms with Gasteiger partial charge in [0, 0.05) is 21.4 Å². The van der Waals surface area contributed by atoms with Crippen LogP contribution in [0.5, 0.6) is 0 Å². The third-order valence-electron chi connectivity index (χ3n) is 7.17. The Morgan fingerprint density at radius 3 is 1.42 bits per heavy atom. The SMILES string of the molecule is CC1=Cc2c(C(C)C)cccc2C1C[SiH2]CC1C(C)=Cc2c(C(C)C)cccc21.[LiH].[LiH]. The summed E-state index contributed by atoms with van der Waals surface area (Å²) < 4.78 is 0. The van der Waals surface area contributed by atoms with Crippen molar-refractivity contribution in [1.29, 1.82) is 0 Å². The van der Waals surface area contributed by atoms with Gasteiger partial charge < -0.3 is 0 Å². The quantitative estimate of drug-likeness (QED) is 0.482. The molecule has 0 N–H and O–H groups in total. The molecular weight excluding hydrogens is 378 g/mol. The summed E-state index contributed by atoms with van der Waals surface area (Å²) in [5.41, 5.74) is 12.5. The average molecular weight is 417 g/mol. The van der Waals surface area contributed by atoms with Crippen LogP contribution in [0.1, 0.15) is 98.6 Å². The number of fused-ring (bicyclic) bond motifs is 2. The average Bonchev–Trinajstić information content (AvgIpc) is 3.17. The second kappa shape index (κ2) is 11.0. The summed E-state index contributed by atoms with van der Waals surface area (Å²) in [6.07, 6.45) is 4.96. The predicted molar refractivity (Wildman–Crippen MR) is 146 cm³/mol. The van der Waals surface area contributed by atoms with Crippen LogP contribution in [-0.4, -0.2) is 47.2 Å². The molecule has 0 saturated carbocycles. The van der Waals surface area contributed by atoms with Gasteiger partial charge in [0.2, 0.25) is 0 Å². The molecule has 0 bridgehead atoms. The number of benzene rings is 2. The van der Waals surface area contributed by atoms with E-state index in [0.717, 1.165) is 0 Å². The van der Waals surface area contributed by atoms with Crippen LogP contribution in [0, 0.1) is 0 Å². The zero-order valence-corrected chi connectivity index (χ0v) is 20.5. The van der Waals surface area contributed by atoms with Crippen molar-refractivity contribution in [3.05, 3.63) is 80.9 Å². The molecule has 3 heteroatoms. The van der Waals surface area contributed by atoms with Crippen LogP contribution in [0.25, 0.3) is 12.2 Å². The second-order valence-corrected chi connectivity index (χ2v) is 11.7. The Morgan fingerprint density at radius 1 is 0.677 bits per heavy atom. The molecule has 31 heavy (non-hydrogen) atoms. The van der Waals surface area contributed by atoms with Gasteiger partial charge in [-0.1, -0.05) is 99.5 Å². The normalized spacial score (nSPS) is 19.2. The standard InChI is InChI=1S/C28H36Si.2Li.2H/c1-17(2)21-9-7-11-23-25(21)13-19(5)27(23)15-29-16-28-20(6)14-26-22(18(3)4)10-8-12-24(26)28;;;;/h7-14,17-18,27-28H,15-16,29H2,1-6H3;;;;. The van der Waals surface area contributed by atoms with E-state index in [-0.39, 0.29) is 47.2 Å². The first-order chi connectivity index (χ1) is 13.9. The summed E-state index contributed by atoms with van der Waals surface area (Å²) in [5, 5.41) is 0. The van der Waals surface area contributed by atoms with Crippen LogP contribution in [0.4, 0.5) is 0 Å². The van der Waals surface area contributed by atoms with Gasteiger partial charge in [0.1, 0.15) is 0 Å². The minimum atomic E-state index is -0.135. The number of allylic oxidation sites excluding steroid dienone is 2. The zero-order chi connectivity index (χ0) is 20.7. The van der Waals surface area contributed by atoms with Gasteiger partial charge in [0.15, 0.2) is 0 Å². The zero-order valence-electron chi connectivity index (χ0n) is 19.0. The van der Waals surface area contributed by atoms with Gasteiger partial charge in [-0.2, -0.15) is 0 Å². The molecule has 0 spiro atoms. The summed E-state index contributed by atoms with van der Waals surface area (Å²) in [6.45, 7) is 14.0. The van der Waals surface area contributed by atoms with Crippen molar-refractivity contribution in [3.63, 3.8) is 0 Å². The van der Waals surface area contributed by atoms with Crippen LogP contribution in [0.15, 0.2) is 47.5 Å². The first-order valence-corrected chi connectivity index (χ1v) is 13.5. The maximum absolute atomic E-state index is 2.48. The molecular formula is C28H38Li2Si. The summed E-state index contributed by atoms with van der Waals surface area (Å²) in [4.78, 5) is 0.